The summed E-state index contributed by atoms with van der Waals surface area (Å²) < 4.78 is 0. The van der Waals surface area contributed by atoms with E-state index in [9.17, 15) is 19.2 Å². The van der Waals surface area contributed by atoms with Crippen molar-refractivity contribution >= 4 is 29.8 Å². The molecule has 0 radical (unpaired) electrons. The maximum atomic E-state index is 10.3. The van der Waals surface area contributed by atoms with Crippen LogP contribution in [0.3, 0.4) is 0 Å². The van der Waals surface area contributed by atoms with Gasteiger partial charge in [0.2, 0.25) is 0 Å². The highest BCUT2D eigenvalue weighted by molar-refractivity contribution is 5.75. The number of unbranched alkanes of at least 4 members (excludes halogenated alkanes) is 1. The smallest absolute Gasteiger partial charge is 0.320 e. The Morgan fingerprint density at radius 1 is 0.814 bits per heavy atom. The molecule has 22 N–H and O–H groups in total. The van der Waals surface area contributed by atoms with Crippen molar-refractivity contribution < 1.29 is 39.6 Å². The third-order valence-electron chi connectivity index (χ3n) is 4.93. The summed E-state index contributed by atoms with van der Waals surface area (Å²) >= 11 is 0. The molecule has 0 aromatic carbocycles. The zero-order chi connectivity index (χ0) is 33.3. The van der Waals surface area contributed by atoms with Gasteiger partial charge in [0.1, 0.15) is 24.2 Å². The Balaban J connectivity index is -0.000000235. The van der Waals surface area contributed by atoms with Crippen LogP contribution in [0, 0.1) is 5.92 Å². The Hall–Kier alpha value is -3.88. The molecule has 0 saturated heterocycles. The van der Waals surface area contributed by atoms with Crippen molar-refractivity contribution in [3.8, 4) is 0 Å². The Morgan fingerprint density at radius 2 is 1.28 bits per heavy atom. The van der Waals surface area contributed by atoms with Crippen LogP contribution in [0.1, 0.15) is 58.1 Å². The van der Waals surface area contributed by atoms with E-state index in [1.807, 2.05) is 13.8 Å². The lowest BCUT2D eigenvalue weighted by Gasteiger charge is -2.07. The number of imidazole rings is 1. The largest absolute Gasteiger partial charge is 0.480 e. The number of carboxylic acids is 4. The van der Waals surface area contributed by atoms with Gasteiger partial charge in [-0.1, -0.05) is 20.3 Å². The Bertz CT molecular complexity index is 898. The average Bonchev–Trinajstić information content (AvgIpc) is 3.40. The van der Waals surface area contributed by atoms with Crippen molar-refractivity contribution in [2.24, 2.45) is 51.0 Å². The first-order chi connectivity index (χ1) is 19.5. The molecule has 0 amide bonds. The topological polar surface area (TPSA) is 407 Å². The van der Waals surface area contributed by atoms with E-state index in [1.54, 1.807) is 6.20 Å². The number of nitrogens with zero attached hydrogens (tertiary/aromatic N) is 2. The minimum absolute atomic E-state index is 0. The number of aliphatic imine (C=N–C) groups is 1. The monoisotopic (exact) mass is 623 g/mol. The maximum Gasteiger partial charge on any atom is 0.320 e. The van der Waals surface area contributed by atoms with Crippen LogP contribution in [0.4, 0.5) is 0 Å². The molecule has 0 aliphatic heterocycles. The van der Waals surface area contributed by atoms with Crippen LogP contribution < -0.4 is 46.3 Å². The number of guanidine groups is 1. The number of hydrogen-bond acceptors (Lipinski definition) is 12. The summed E-state index contributed by atoms with van der Waals surface area (Å²) in [4.78, 5) is 50.9. The van der Waals surface area contributed by atoms with Gasteiger partial charge < -0.3 is 71.7 Å². The van der Waals surface area contributed by atoms with Crippen LogP contribution in [0.2, 0.25) is 0 Å². The van der Waals surface area contributed by atoms with Gasteiger partial charge in [-0.25, -0.2) is 4.98 Å². The highest BCUT2D eigenvalue weighted by Gasteiger charge is 2.13. The standard InChI is InChI=1S/C6H14N4O2.C6H9N3O2.C6H14N2O2.C6H13NO2.H3N/c7-4(5(11)12)2-1-3-10-6(8)9;7-5(6(10)11)1-4-2-8-3-9-4;7-4-2-1-3-5(8)6(9)10;1-4(2)3-5(7)6(8)9;/h4H,1-3,7H2,(H,11,12)(H4,8,9,10);2-3,5H,1,7H2,(H,8,9)(H,10,11);5H,1-4,7-8H2,(H,9,10);4-5H,3,7H2,1-2H3,(H,8,9);1H3. The molecule has 252 valence electrons. The van der Waals surface area contributed by atoms with Crippen LogP contribution in [-0.2, 0) is 25.6 Å². The third kappa shape index (κ3) is 32.5. The molecule has 19 heteroatoms. The number of aromatic amines is 1. The van der Waals surface area contributed by atoms with Crippen LogP contribution >= 0.6 is 0 Å². The molecule has 0 fully saturated rings. The van der Waals surface area contributed by atoms with Crippen molar-refractivity contribution in [3.63, 3.8) is 0 Å². The highest BCUT2D eigenvalue weighted by Crippen LogP contribution is 2.01. The van der Waals surface area contributed by atoms with Gasteiger partial charge >= 0.3 is 23.9 Å². The lowest BCUT2D eigenvalue weighted by atomic mass is 10.1. The molecule has 1 rings (SSSR count). The number of hydrogen-bond donors (Lipinski definition) is 13. The van der Waals surface area contributed by atoms with Crippen molar-refractivity contribution in [2.45, 2.75) is 83.0 Å². The molecule has 4 unspecified atom stereocenters. The number of rotatable bonds is 16. The zero-order valence-corrected chi connectivity index (χ0v) is 25.0. The van der Waals surface area contributed by atoms with E-state index in [1.165, 1.54) is 6.33 Å². The van der Waals surface area contributed by atoms with Crippen molar-refractivity contribution in [2.75, 3.05) is 13.1 Å². The van der Waals surface area contributed by atoms with E-state index in [2.05, 4.69) is 15.0 Å². The van der Waals surface area contributed by atoms with Crippen LogP contribution in [0.5, 0.6) is 0 Å². The number of aliphatic carboxylic acids is 4. The van der Waals surface area contributed by atoms with E-state index in [0.717, 1.165) is 18.5 Å². The van der Waals surface area contributed by atoms with E-state index in [4.69, 9.17) is 60.6 Å². The number of aromatic nitrogens is 2. The molecule has 1 aromatic rings. The minimum atomic E-state index is -1.00. The molecule has 0 bridgehead atoms. The highest BCUT2D eigenvalue weighted by atomic mass is 16.4. The molecule has 1 aromatic heterocycles. The summed E-state index contributed by atoms with van der Waals surface area (Å²) in [7, 11) is 0. The molecule has 0 saturated carbocycles. The maximum absolute atomic E-state index is 10.3. The zero-order valence-electron chi connectivity index (χ0n) is 25.0. The van der Waals surface area contributed by atoms with E-state index in [-0.39, 0.29) is 18.5 Å². The second-order valence-corrected chi connectivity index (χ2v) is 9.42. The summed E-state index contributed by atoms with van der Waals surface area (Å²) in [6.07, 6.45) is 7.01. The lowest BCUT2D eigenvalue weighted by Crippen LogP contribution is -2.32. The number of H-pyrrole nitrogens is 1. The fourth-order valence-electron chi connectivity index (χ4n) is 2.60. The summed E-state index contributed by atoms with van der Waals surface area (Å²) in [5.74, 6) is -3.48. The van der Waals surface area contributed by atoms with Crippen molar-refractivity contribution in [1.29, 1.82) is 0 Å². The summed E-state index contributed by atoms with van der Waals surface area (Å²) in [6.45, 7) is 4.92. The molecular weight excluding hydrogens is 570 g/mol. The molecule has 0 spiro atoms. The molecular formula is C24H53N11O8. The van der Waals surface area contributed by atoms with Crippen LogP contribution in [0.15, 0.2) is 17.5 Å². The first-order valence-corrected chi connectivity index (χ1v) is 13.1. The third-order valence-corrected chi connectivity index (χ3v) is 4.93. The molecule has 0 aliphatic carbocycles. The summed E-state index contributed by atoms with van der Waals surface area (Å²) in [6, 6.07) is -3.08. The Kier molecular flexibility index (Phi) is 30.3. The van der Waals surface area contributed by atoms with Gasteiger partial charge in [-0.15, -0.1) is 0 Å². The molecule has 0 aliphatic rings. The van der Waals surface area contributed by atoms with Crippen molar-refractivity contribution in [1.82, 2.24) is 16.1 Å². The SMILES string of the molecule is CC(C)CC(N)C(=O)O.N.NC(Cc1cnc[nH]1)C(=O)O.NC(N)=NCCCC(N)C(=O)O.NCCCCC(N)C(=O)O. The second kappa shape index (κ2) is 28.2. The molecule has 43 heavy (non-hydrogen) atoms. The fourth-order valence-corrected chi connectivity index (χ4v) is 2.60. The first-order valence-electron chi connectivity index (χ1n) is 13.1. The first kappa shape index (κ1) is 46.1. The average molecular weight is 624 g/mol. The molecule has 4 atom stereocenters. The molecule has 1 heterocycles. The normalized spacial score (nSPS) is 12.6. The molecule has 19 nitrogen and oxygen atoms in total. The van der Waals surface area contributed by atoms with Gasteiger partial charge in [0.05, 0.1) is 6.33 Å². The number of nitrogens with one attached hydrogen (secondary N) is 1. The quantitative estimate of drug-likeness (QED) is 0.0534. The number of carbonyl (C=O) groups is 4. The van der Waals surface area contributed by atoms with Gasteiger partial charge in [-0.3, -0.25) is 24.2 Å². The van der Waals surface area contributed by atoms with Gasteiger partial charge in [-0.2, -0.15) is 0 Å². The van der Waals surface area contributed by atoms with Crippen LogP contribution in [-0.4, -0.2) is 97.5 Å². The number of nitrogens with two attached hydrogens (primary N) is 7. The second-order valence-electron chi connectivity index (χ2n) is 9.42. The lowest BCUT2D eigenvalue weighted by molar-refractivity contribution is -0.139. The fraction of sp³-hybridized carbons (Fsp3) is 0.667. The van der Waals surface area contributed by atoms with Gasteiger partial charge in [-0.05, 0) is 44.6 Å². The predicted octanol–water partition coefficient (Wildman–Crippen LogP) is -2.05. The number of carboxylic acid groups (broad SMARTS) is 4. The van der Waals surface area contributed by atoms with Crippen molar-refractivity contribution in [3.05, 3.63) is 18.2 Å². The van der Waals surface area contributed by atoms with Gasteiger partial charge in [0, 0.05) is 24.9 Å². The van der Waals surface area contributed by atoms with E-state index >= 15 is 0 Å². The summed E-state index contributed by atoms with van der Waals surface area (Å²) in [5, 5.41) is 33.4. The Labute approximate surface area is 251 Å². The Morgan fingerprint density at radius 3 is 1.60 bits per heavy atom. The minimum Gasteiger partial charge on any atom is -0.480 e. The van der Waals surface area contributed by atoms with Gasteiger partial charge in [0.25, 0.3) is 0 Å². The predicted molar refractivity (Wildman–Crippen MR) is 162 cm³/mol. The van der Waals surface area contributed by atoms with Crippen LogP contribution in [0.25, 0.3) is 0 Å². The van der Waals surface area contributed by atoms with Gasteiger partial charge in [0.15, 0.2) is 5.96 Å². The summed E-state index contributed by atoms with van der Waals surface area (Å²) in [5.41, 5.74) is 37.0. The van der Waals surface area contributed by atoms with E-state index < -0.39 is 48.0 Å². The van der Waals surface area contributed by atoms with E-state index in [0.29, 0.717) is 44.7 Å².